The lowest BCUT2D eigenvalue weighted by Gasteiger charge is -2.43. The van der Waals surface area contributed by atoms with Crippen LogP contribution in [0, 0.1) is 0 Å². The predicted octanol–water partition coefficient (Wildman–Crippen LogP) is 8.28. The molecular weight excluding hydrogens is 772 g/mol. The number of carbonyl (C=O) groups is 4. The molecule has 0 saturated carbocycles. The average Bonchev–Trinajstić information content (AvgIpc) is 3.32. The SMILES string of the molecule is CN(C(=O)c1cc(C(F)(F)F)cc(C(F)(F)F)c1)[C@@H]1CCN(CCCN2C(=O)c3ccccc3C2=O)C[C@H]1c1ccc(Cl)c(Cl)c1.O=C(O)C(F)(F)F. The smallest absolute Gasteiger partial charge is 0.475 e. The van der Waals surface area contributed by atoms with E-state index in [2.05, 4.69) is 4.90 Å². The number of amides is 3. The molecule has 2 aliphatic rings. The van der Waals surface area contributed by atoms with Crippen molar-refractivity contribution in [3.05, 3.63) is 104 Å². The molecule has 2 aliphatic heterocycles. The molecule has 1 fully saturated rings. The number of likely N-dealkylation sites (tertiary alicyclic amines) is 1. The molecule has 3 aromatic carbocycles. The molecule has 1 saturated heterocycles. The quantitative estimate of drug-likeness (QED) is 0.191. The highest BCUT2D eigenvalue weighted by molar-refractivity contribution is 6.42. The van der Waals surface area contributed by atoms with Gasteiger partial charge < -0.3 is 14.9 Å². The molecule has 0 unspecified atom stereocenters. The van der Waals surface area contributed by atoms with Crippen molar-refractivity contribution in [3.8, 4) is 0 Å². The number of halogens is 11. The second-order valence-electron chi connectivity index (χ2n) is 12.1. The fraction of sp³-hybridized carbons (Fsp3) is 0.353. The molecule has 0 aromatic heterocycles. The number of carboxylic acid groups (broad SMARTS) is 1. The highest BCUT2D eigenvalue weighted by Gasteiger charge is 2.41. The highest BCUT2D eigenvalue weighted by atomic mass is 35.5. The zero-order valence-corrected chi connectivity index (χ0v) is 28.8. The minimum atomic E-state index is -5.10. The lowest BCUT2D eigenvalue weighted by Crippen LogP contribution is -2.51. The van der Waals surface area contributed by atoms with Crippen LogP contribution in [0.2, 0.25) is 10.0 Å². The Balaban J connectivity index is 0.000000815. The van der Waals surface area contributed by atoms with Gasteiger partial charge in [-0.2, -0.15) is 39.5 Å². The van der Waals surface area contributed by atoms with Gasteiger partial charge in [0.05, 0.1) is 32.3 Å². The molecule has 2 heterocycles. The van der Waals surface area contributed by atoms with Crippen LogP contribution in [0.5, 0.6) is 0 Å². The van der Waals surface area contributed by atoms with Crippen LogP contribution >= 0.6 is 23.2 Å². The number of benzene rings is 3. The first-order valence-corrected chi connectivity index (χ1v) is 16.3. The first-order valence-electron chi connectivity index (χ1n) is 15.5. The summed E-state index contributed by atoms with van der Waals surface area (Å²) < 4.78 is 113. The zero-order valence-electron chi connectivity index (χ0n) is 27.3. The van der Waals surface area contributed by atoms with E-state index in [1.807, 2.05) is 0 Å². The standard InChI is InChI=1S/C32H27Cl2F6N3O3.C2HF3O2/c1-41(28(44)19-13-20(31(35,36)37)16-21(14-19)32(38,39)40)27-9-12-42(17-24(27)18-7-8-25(33)26(34)15-18)10-4-11-43-29(45)22-5-2-3-6-23(22)30(43)46;3-2(4,5)1(6)7/h2-3,5-8,13-16,24,27H,4,9-12,17H2,1H3;(H,6,7)/t24-,27+;/m0./s1. The monoisotopic (exact) mass is 799 g/mol. The van der Waals surface area contributed by atoms with Gasteiger partial charge in [-0.1, -0.05) is 41.4 Å². The summed E-state index contributed by atoms with van der Waals surface area (Å²) in [7, 11) is 1.35. The van der Waals surface area contributed by atoms with Crippen LogP contribution < -0.4 is 0 Å². The van der Waals surface area contributed by atoms with Crippen LogP contribution in [0.3, 0.4) is 0 Å². The van der Waals surface area contributed by atoms with Gasteiger partial charge in [0.25, 0.3) is 17.7 Å². The first-order chi connectivity index (χ1) is 24.5. The number of hydrogen-bond donors (Lipinski definition) is 1. The molecule has 1 N–H and O–H groups in total. The minimum absolute atomic E-state index is 0.0181. The summed E-state index contributed by atoms with van der Waals surface area (Å²) in [5, 5.41) is 7.64. The molecule has 5 rings (SSSR count). The van der Waals surface area contributed by atoms with Crippen molar-refractivity contribution in [2.24, 2.45) is 0 Å². The molecule has 0 radical (unpaired) electrons. The maximum atomic E-state index is 13.5. The zero-order chi connectivity index (χ0) is 39.6. The average molecular weight is 801 g/mol. The maximum absolute atomic E-state index is 13.5. The molecule has 53 heavy (non-hydrogen) atoms. The molecule has 19 heteroatoms. The number of carboxylic acids is 1. The fourth-order valence-electron chi connectivity index (χ4n) is 6.07. The Bertz CT molecular complexity index is 1820. The van der Waals surface area contributed by atoms with Crippen LogP contribution in [0.4, 0.5) is 39.5 Å². The van der Waals surface area contributed by atoms with E-state index < -0.39 is 59.1 Å². The largest absolute Gasteiger partial charge is 0.490 e. The third-order valence-electron chi connectivity index (χ3n) is 8.66. The van der Waals surface area contributed by atoms with Crippen LogP contribution in [-0.4, -0.2) is 88.9 Å². The van der Waals surface area contributed by atoms with E-state index in [1.165, 1.54) is 16.8 Å². The van der Waals surface area contributed by atoms with Gasteiger partial charge in [0, 0.05) is 44.2 Å². The number of aliphatic carboxylic acids is 1. The Hall–Kier alpha value is -4.35. The molecule has 0 aliphatic carbocycles. The number of alkyl halides is 9. The Morgan fingerprint density at radius 1 is 0.811 bits per heavy atom. The number of likely N-dealkylation sites (N-methyl/N-ethyl adjacent to an activating group) is 1. The van der Waals surface area contributed by atoms with Gasteiger partial charge in [-0.25, -0.2) is 4.79 Å². The van der Waals surface area contributed by atoms with Gasteiger partial charge in [0.15, 0.2) is 0 Å². The molecule has 0 bridgehead atoms. The Morgan fingerprint density at radius 2 is 1.34 bits per heavy atom. The van der Waals surface area contributed by atoms with Crippen molar-refractivity contribution in [2.75, 3.05) is 33.2 Å². The van der Waals surface area contributed by atoms with Crippen LogP contribution in [0.25, 0.3) is 0 Å². The van der Waals surface area contributed by atoms with Crippen molar-refractivity contribution in [3.63, 3.8) is 0 Å². The third-order valence-corrected chi connectivity index (χ3v) is 9.40. The second-order valence-corrected chi connectivity index (χ2v) is 12.9. The predicted molar refractivity (Wildman–Crippen MR) is 173 cm³/mol. The maximum Gasteiger partial charge on any atom is 0.490 e. The van der Waals surface area contributed by atoms with E-state index in [1.54, 1.807) is 42.5 Å². The number of carbonyl (C=O) groups excluding carboxylic acids is 3. The minimum Gasteiger partial charge on any atom is -0.475 e. The lowest BCUT2D eigenvalue weighted by molar-refractivity contribution is -0.192. The van der Waals surface area contributed by atoms with E-state index in [4.69, 9.17) is 33.1 Å². The molecule has 8 nitrogen and oxygen atoms in total. The topological polar surface area (TPSA) is 98.2 Å². The Kier molecular flexibility index (Phi) is 12.5. The molecule has 0 spiro atoms. The van der Waals surface area contributed by atoms with Gasteiger partial charge in [-0.05, 0) is 67.4 Å². The van der Waals surface area contributed by atoms with E-state index in [0.29, 0.717) is 61.3 Å². The summed E-state index contributed by atoms with van der Waals surface area (Å²) in [6.07, 6.45) is -14.5. The number of rotatable bonds is 7. The summed E-state index contributed by atoms with van der Waals surface area (Å²) in [6.45, 7) is 1.43. The van der Waals surface area contributed by atoms with Crippen molar-refractivity contribution in [2.45, 2.75) is 43.3 Å². The van der Waals surface area contributed by atoms with E-state index in [0.717, 1.165) is 0 Å². The van der Waals surface area contributed by atoms with Crippen molar-refractivity contribution in [1.29, 1.82) is 0 Å². The van der Waals surface area contributed by atoms with Crippen LogP contribution in [0.1, 0.15) is 66.5 Å². The van der Waals surface area contributed by atoms with Crippen LogP contribution in [0.15, 0.2) is 60.7 Å². The lowest BCUT2D eigenvalue weighted by atomic mass is 9.84. The van der Waals surface area contributed by atoms with Gasteiger partial charge in [0.1, 0.15) is 0 Å². The van der Waals surface area contributed by atoms with Gasteiger partial charge >= 0.3 is 24.5 Å². The van der Waals surface area contributed by atoms with Gasteiger partial charge in [-0.3, -0.25) is 19.3 Å². The van der Waals surface area contributed by atoms with Crippen molar-refractivity contribution < 1.29 is 63.8 Å². The van der Waals surface area contributed by atoms with Gasteiger partial charge in [-0.15, -0.1) is 0 Å². The highest BCUT2D eigenvalue weighted by Crippen LogP contribution is 2.38. The summed E-state index contributed by atoms with van der Waals surface area (Å²) in [5.74, 6) is -4.93. The molecule has 286 valence electrons. The molecule has 2 atom stereocenters. The fourth-order valence-corrected chi connectivity index (χ4v) is 6.38. The number of imide groups is 1. The van der Waals surface area contributed by atoms with E-state index in [9.17, 15) is 53.9 Å². The molecule has 3 aromatic rings. The second kappa shape index (κ2) is 15.9. The van der Waals surface area contributed by atoms with Crippen molar-refractivity contribution >= 4 is 46.9 Å². The molecule has 3 amide bonds. The normalized spacial score (nSPS) is 18.0. The number of piperidine rings is 1. The number of fused-ring (bicyclic) bond motifs is 1. The Labute approximate surface area is 305 Å². The first kappa shape index (κ1) is 41.4. The number of nitrogens with zero attached hydrogens (tertiary/aromatic N) is 3. The Morgan fingerprint density at radius 3 is 1.81 bits per heavy atom. The summed E-state index contributed by atoms with van der Waals surface area (Å²) >= 11 is 12.4. The van der Waals surface area contributed by atoms with E-state index >= 15 is 0 Å². The summed E-state index contributed by atoms with van der Waals surface area (Å²) in [6, 6.07) is 11.7. The summed E-state index contributed by atoms with van der Waals surface area (Å²) in [5.41, 5.74) is -2.52. The van der Waals surface area contributed by atoms with Crippen molar-refractivity contribution in [1.82, 2.24) is 14.7 Å². The number of hydrogen-bond acceptors (Lipinski definition) is 5. The van der Waals surface area contributed by atoms with Crippen LogP contribution in [-0.2, 0) is 17.1 Å². The van der Waals surface area contributed by atoms with Gasteiger partial charge in [0.2, 0.25) is 0 Å². The third kappa shape index (κ3) is 9.80. The van der Waals surface area contributed by atoms with E-state index in [-0.39, 0.29) is 34.5 Å². The molecular formula is C34H28Cl2F9N3O5. The summed E-state index contributed by atoms with van der Waals surface area (Å²) in [4.78, 5) is 52.3.